The van der Waals surface area contributed by atoms with E-state index < -0.39 is 11.4 Å². The lowest BCUT2D eigenvalue weighted by molar-refractivity contribution is -0.0388. The predicted octanol–water partition coefficient (Wildman–Crippen LogP) is 3.16. The summed E-state index contributed by atoms with van der Waals surface area (Å²) in [6.07, 6.45) is 2.51. The Balaban J connectivity index is 2.45. The Kier molecular flexibility index (Phi) is 2.28. The molecular formula is C11H12ClFO. The van der Waals surface area contributed by atoms with Crippen molar-refractivity contribution in [2.45, 2.75) is 31.8 Å². The lowest BCUT2D eigenvalue weighted by Gasteiger charge is -2.37. The molecule has 14 heavy (non-hydrogen) atoms. The van der Waals surface area contributed by atoms with Gasteiger partial charge in [-0.15, -0.1) is 0 Å². The molecule has 0 saturated heterocycles. The zero-order valence-corrected chi connectivity index (χ0v) is 8.74. The largest absolute Gasteiger partial charge is 0.385 e. The van der Waals surface area contributed by atoms with Crippen LogP contribution in [-0.4, -0.2) is 5.11 Å². The van der Waals surface area contributed by atoms with Crippen LogP contribution in [0.4, 0.5) is 4.39 Å². The number of benzene rings is 1. The van der Waals surface area contributed by atoms with Crippen LogP contribution in [0.2, 0.25) is 5.02 Å². The van der Waals surface area contributed by atoms with Gasteiger partial charge < -0.3 is 5.11 Å². The fourth-order valence-electron chi connectivity index (χ4n) is 1.80. The first-order chi connectivity index (χ1) is 6.53. The lowest BCUT2D eigenvalue weighted by Crippen LogP contribution is -2.33. The molecule has 0 spiro atoms. The third kappa shape index (κ3) is 1.43. The maximum Gasteiger partial charge on any atom is 0.144 e. The van der Waals surface area contributed by atoms with Gasteiger partial charge >= 0.3 is 0 Å². The van der Waals surface area contributed by atoms with Crippen LogP contribution in [0.15, 0.2) is 12.1 Å². The van der Waals surface area contributed by atoms with Crippen LogP contribution >= 0.6 is 11.6 Å². The molecule has 0 heterocycles. The van der Waals surface area contributed by atoms with Crippen molar-refractivity contribution in [2.75, 3.05) is 0 Å². The summed E-state index contributed by atoms with van der Waals surface area (Å²) in [5, 5.41) is 10.1. The van der Waals surface area contributed by atoms with Gasteiger partial charge in [-0.05, 0) is 43.4 Å². The van der Waals surface area contributed by atoms with Crippen molar-refractivity contribution in [2.24, 2.45) is 0 Å². The first kappa shape index (κ1) is 9.94. The number of aryl methyl sites for hydroxylation is 1. The molecule has 0 amide bonds. The number of hydrogen-bond acceptors (Lipinski definition) is 1. The Morgan fingerprint density at radius 3 is 2.50 bits per heavy atom. The molecule has 1 saturated carbocycles. The van der Waals surface area contributed by atoms with Crippen LogP contribution in [0.3, 0.4) is 0 Å². The van der Waals surface area contributed by atoms with E-state index in [4.69, 9.17) is 11.6 Å². The van der Waals surface area contributed by atoms with Crippen LogP contribution in [-0.2, 0) is 5.60 Å². The molecule has 3 heteroatoms. The second-order valence-electron chi connectivity index (χ2n) is 3.97. The molecule has 0 aliphatic heterocycles. The number of rotatable bonds is 1. The van der Waals surface area contributed by atoms with Gasteiger partial charge in [-0.2, -0.15) is 0 Å². The molecule has 1 aliphatic carbocycles. The molecule has 0 aromatic heterocycles. The molecule has 1 aromatic rings. The molecule has 1 nitrogen and oxygen atoms in total. The summed E-state index contributed by atoms with van der Waals surface area (Å²) in [4.78, 5) is 0. The molecule has 1 fully saturated rings. The fraction of sp³-hybridized carbons (Fsp3) is 0.455. The van der Waals surface area contributed by atoms with Gasteiger partial charge in [0.2, 0.25) is 0 Å². The van der Waals surface area contributed by atoms with Crippen molar-refractivity contribution in [1.29, 1.82) is 0 Å². The molecule has 1 aliphatic rings. The van der Waals surface area contributed by atoms with E-state index >= 15 is 0 Å². The van der Waals surface area contributed by atoms with Gasteiger partial charge in [-0.25, -0.2) is 4.39 Å². The normalized spacial score (nSPS) is 19.1. The van der Waals surface area contributed by atoms with E-state index in [1.165, 1.54) is 6.07 Å². The van der Waals surface area contributed by atoms with Gasteiger partial charge in [-0.3, -0.25) is 0 Å². The Morgan fingerprint density at radius 2 is 2.07 bits per heavy atom. The summed E-state index contributed by atoms with van der Waals surface area (Å²) in [5.74, 6) is -0.390. The van der Waals surface area contributed by atoms with Crippen LogP contribution in [0.25, 0.3) is 0 Å². The zero-order chi connectivity index (χ0) is 10.3. The number of hydrogen-bond donors (Lipinski definition) is 1. The highest BCUT2D eigenvalue weighted by atomic mass is 35.5. The highest BCUT2D eigenvalue weighted by molar-refractivity contribution is 6.30. The van der Waals surface area contributed by atoms with E-state index in [-0.39, 0.29) is 5.02 Å². The Morgan fingerprint density at radius 1 is 1.43 bits per heavy atom. The van der Waals surface area contributed by atoms with Crippen LogP contribution in [0.5, 0.6) is 0 Å². The molecule has 1 N–H and O–H groups in total. The molecule has 1 aromatic carbocycles. The Hall–Kier alpha value is -0.600. The molecule has 0 atom stereocenters. The molecule has 2 rings (SSSR count). The number of halogens is 2. The topological polar surface area (TPSA) is 20.2 Å². The first-order valence-corrected chi connectivity index (χ1v) is 5.09. The second-order valence-corrected chi connectivity index (χ2v) is 4.38. The summed E-state index contributed by atoms with van der Waals surface area (Å²) < 4.78 is 13.2. The summed E-state index contributed by atoms with van der Waals surface area (Å²) in [6, 6.07) is 3.21. The average Bonchev–Trinajstić information content (AvgIpc) is 2.09. The van der Waals surface area contributed by atoms with Gasteiger partial charge in [-0.1, -0.05) is 17.7 Å². The summed E-state index contributed by atoms with van der Waals surface area (Å²) in [5.41, 5.74) is 0.475. The standard InChI is InChI=1S/C11H12ClFO/c1-7-5-8(6-9(12)10(7)13)11(14)3-2-4-11/h5-6,14H,2-4H2,1H3. The maximum atomic E-state index is 13.2. The lowest BCUT2D eigenvalue weighted by atomic mass is 9.75. The van der Waals surface area contributed by atoms with E-state index in [0.29, 0.717) is 5.56 Å². The quantitative estimate of drug-likeness (QED) is 0.762. The molecule has 0 unspecified atom stereocenters. The minimum Gasteiger partial charge on any atom is -0.385 e. The maximum absolute atomic E-state index is 13.2. The third-order valence-corrected chi connectivity index (χ3v) is 3.20. The monoisotopic (exact) mass is 214 g/mol. The van der Waals surface area contributed by atoms with Crippen LogP contribution in [0.1, 0.15) is 30.4 Å². The Labute approximate surface area is 87.5 Å². The van der Waals surface area contributed by atoms with Crippen LogP contribution in [0, 0.1) is 12.7 Å². The second kappa shape index (κ2) is 3.21. The van der Waals surface area contributed by atoms with Gasteiger partial charge in [0, 0.05) is 0 Å². The van der Waals surface area contributed by atoms with Crippen molar-refractivity contribution in [3.8, 4) is 0 Å². The van der Waals surface area contributed by atoms with Crippen molar-refractivity contribution < 1.29 is 9.50 Å². The molecule has 0 bridgehead atoms. The first-order valence-electron chi connectivity index (χ1n) is 4.71. The van der Waals surface area contributed by atoms with Crippen molar-refractivity contribution >= 4 is 11.6 Å². The highest BCUT2D eigenvalue weighted by Gasteiger charge is 2.36. The van der Waals surface area contributed by atoms with Gasteiger partial charge in [0.05, 0.1) is 10.6 Å². The summed E-state index contributed by atoms with van der Waals surface area (Å²) in [7, 11) is 0. The SMILES string of the molecule is Cc1cc(C2(O)CCC2)cc(Cl)c1F. The molecule has 76 valence electrons. The van der Waals surface area contributed by atoms with E-state index in [2.05, 4.69) is 0 Å². The van der Waals surface area contributed by atoms with E-state index in [0.717, 1.165) is 24.8 Å². The fourth-order valence-corrected chi connectivity index (χ4v) is 2.06. The van der Waals surface area contributed by atoms with Gasteiger partial charge in [0.15, 0.2) is 0 Å². The zero-order valence-electron chi connectivity index (χ0n) is 7.98. The predicted molar refractivity (Wildman–Crippen MR) is 53.9 cm³/mol. The average molecular weight is 215 g/mol. The smallest absolute Gasteiger partial charge is 0.144 e. The highest BCUT2D eigenvalue weighted by Crippen LogP contribution is 2.42. The Bertz CT molecular complexity index is 349. The van der Waals surface area contributed by atoms with E-state index in [1.54, 1.807) is 13.0 Å². The minimum absolute atomic E-state index is 0.0975. The third-order valence-electron chi connectivity index (χ3n) is 2.93. The molecule has 0 radical (unpaired) electrons. The minimum atomic E-state index is -0.762. The van der Waals surface area contributed by atoms with Crippen molar-refractivity contribution in [1.82, 2.24) is 0 Å². The summed E-state index contributed by atoms with van der Waals surface area (Å²) in [6.45, 7) is 1.66. The van der Waals surface area contributed by atoms with E-state index in [1.807, 2.05) is 0 Å². The van der Waals surface area contributed by atoms with Crippen LogP contribution < -0.4 is 0 Å². The number of aliphatic hydroxyl groups is 1. The van der Waals surface area contributed by atoms with Crippen molar-refractivity contribution in [3.05, 3.63) is 34.1 Å². The van der Waals surface area contributed by atoms with Gasteiger partial charge in [0.1, 0.15) is 5.82 Å². The summed E-state index contributed by atoms with van der Waals surface area (Å²) >= 11 is 5.72. The van der Waals surface area contributed by atoms with E-state index in [9.17, 15) is 9.50 Å². The van der Waals surface area contributed by atoms with Gasteiger partial charge in [0.25, 0.3) is 0 Å². The van der Waals surface area contributed by atoms with Crippen molar-refractivity contribution in [3.63, 3.8) is 0 Å². The molecular weight excluding hydrogens is 203 g/mol.